The van der Waals surface area contributed by atoms with E-state index in [-0.39, 0.29) is 5.97 Å². The minimum absolute atomic E-state index is 0.316. The monoisotopic (exact) mass is 416 g/mol. The molecule has 0 saturated heterocycles. The lowest BCUT2D eigenvalue weighted by molar-refractivity contribution is 0.0529. The van der Waals surface area contributed by atoms with E-state index in [0.29, 0.717) is 17.2 Å². The Hall–Kier alpha value is -3.15. The minimum Gasteiger partial charge on any atom is -0.462 e. The summed E-state index contributed by atoms with van der Waals surface area (Å²) in [5, 5.41) is 8.27. The van der Waals surface area contributed by atoms with Crippen molar-refractivity contribution in [3.05, 3.63) is 88.8 Å². The predicted molar refractivity (Wildman–Crippen MR) is 125 cm³/mol. The summed E-state index contributed by atoms with van der Waals surface area (Å²) in [6, 6.07) is 22.3. The Morgan fingerprint density at radius 2 is 1.80 bits per heavy atom. The minimum atomic E-state index is -0.464. The highest BCUT2D eigenvalue weighted by Crippen LogP contribution is 2.38. The lowest BCUT2D eigenvalue weighted by atomic mass is 10.0. The summed E-state index contributed by atoms with van der Waals surface area (Å²) < 4.78 is 5.36. The molecule has 3 N–H and O–H groups in total. The van der Waals surface area contributed by atoms with Gasteiger partial charge in [-0.1, -0.05) is 72.3 Å². The first kappa shape index (κ1) is 20.1. The molecule has 0 aliphatic carbocycles. The van der Waals surface area contributed by atoms with Crippen LogP contribution in [0.3, 0.4) is 0 Å². The number of ether oxygens (including phenoxy) is 1. The maximum Gasteiger partial charge on any atom is 0.341 e. The molecule has 0 saturated carbocycles. The van der Waals surface area contributed by atoms with Gasteiger partial charge in [0.2, 0.25) is 0 Å². The van der Waals surface area contributed by atoms with Crippen LogP contribution < -0.4 is 11.1 Å². The van der Waals surface area contributed by atoms with Gasteiger partial charge in [0.15, 0.2) is 0 Å². The number of hydrogen-bond acceptors (Lipinski definition) is 5. The summed E-state index contributed by atoms with van der Waals surface area (Å²) >= 11 is 1.47. The third-order valence-corrected chi connectivity index (χ3v) is 5.99. The smallest absolute Gasteiger partial charge is 0.341 e. The maximum atomic E-state index is 12.8. The Balaban J connectivity index is 1.73. The molecule has 1 atom stereocenters. The number of nitrogens with two attached hydrogens (primary N) is 1. The summed E-state index contributed by atoms with van der Waals surface area (Å²) in [6.45, 7) is 4.17. The number of thiophene rings is 1. The molecule has 152 valence electrons. The number of carbonyl (C=O) groups is 1. The summed E-state index contributed by atoms with van der Waals surface area (Å²) in [5.74, 6) is -0.345. The molecule has 0 radical (unpaired) electrons. The van der Waals surface area contributed by atoms with E-state index in [1.165, 1.54) is 16.9 Å². The van der Waals surface area contributed by atoms with E-state index < -0.39 is 6.17 Å². The molecule has 0 aliphatic heterocycles. The van der Waals surface area contributed by atoms with Crippen molar-refractivity contribution >= 4 is 33.1 Å². The van der Waals surface area contributed by atoms with Crippen molar-refractivity contribution < 1.29 is 9.53 Å². The van der Waals surface area contributed by atoms with Crippen LogP contribution in [-0.4, -0.2) is 12.6 Å². The van der Waals surface area contributed by atoms with E-state index in [4.69, 9.17) is 10.5 Å². The van der Waals surface area contributed by atoms with Crippen LogP contribution in [0, 0.1) is 6.92 Å². The zero-order valence-corrected chi connectivity index (χ0v) is 17.8. The van der Waals surface area contributed by atoms with Crippen molar-refractivity contribution in [2.75, 3.05) is 11.9 Å². The molecule has 4 aromatic rings. The molecular formula is C25H24N2O2S. The molecule has 3 aromatic carbocycles. The molecule has 0 fully saturated rings. The highest BCUT2D eigenvalue weighted by Gasteiger charge is 2.23. The van der Waals surface area contributed by atoms with Gasteiger partial charge in [-0.2, -0.15) is 0 Å². The highest BCUT2D eigenvalue weighted by molar-refractivity contribution is 7.15. The van der Waals surface area contributed by atoms with Gasteiger partial charge in [0.05, 0.1) is 6.61 Å². The van der Waals surface area contributed by atoms with Crippen molar-refractivity contribution in [1.82, 2.24) is 0 Å². The van der Waals surface area contributed by atoms with Gasteiger partial charge in [-0.15, -0.1) is 11.3 Å². The van der Waals surface area contributed by atoms with Gasteiger partial charge < -0.3 is 15.8 Å². The molecule has 0 bridgehead atoms. The number of fused-ring (bicyclic) bond motifs is 1. The summed E-state index contributed by atoms with van der Waals surface area (Å²) in [6.07, 6.45) is -0.464. The van der Waals surface area contributed by atoms with Gasteiger partial charge in [-0.3, -0.25) is 0 Å². The summed E-state index contributed by atoms with van der Waals surface area (Å²) in [7, 11) is 0. The van der Waals surface area contributed by atoms with Gasteiger partial charge in [0.25, 0.3) is 0 Å². The van der Waals surface area contributed by atoms with Crippen molar-refractivity contribution in [2.45, 2.75) is 20.0 Å². The first-order chi connectivity index (χ1) is 14.6. The van der Waals surface area contributed by atoms with Crippen LogP contribution >= 0.6 is 11.3 Å². The molecular weight excluding hydrogens is 392 g/mol. The second-order valence-corrected chi connectivity index (χ2v) is 8.01. The molecule has 1 heterocycles. The number of aryl methyl sites for hydroxylation is 1. The molecule has 0 amide bonds. The molecule has 30 heavy (non-hydrogen) atoms. The SMILES string of the molecule is CCOC(=O)c1c(-c2ccc(C)cc2)csc1NC(N)c1cccc2ccccc12. The van der Waals surface area contributed by atoms with E-state index in [9.17, 15) is 4.79 Å². The Bertz CT molecular complexity index is 1180. The van der Waals surface area contributed by atoms with E-state index in [1.807, 2.05) is 67.8 Å². The zero-order chi connectivity index (χ0) is 21.1. The first-order valence-corrected chi connectivity index (χ1v) is 10.8. The number of carbonyl (C=O) groups excluding carboxylic acids is 1. The molecule has 0 spiro atoms. The van der Waals surface area contributed by atoms with Crippen molar-refractivity contribution in [3.8, 4) is 11.1 Å². The van der Waals surface area contributed by atoms with Crippen LogP contribution in [0.15, 0.2) is 72.1 Å². The quantitative estimate of drug-likeness (QED) is 0.293. The molecule has 0 aliphatic rings. The van der Waals surface area contributed by atoms with Crippen LogP contribution in [0.5, 0.6) is 0 Å². The number of hydrogen-bond donors (Lipinski definition) is 2. The number of anilines is 1. The van der Waals surface area contributed by atoms with E-state index in [0.717, 1.165) is 27.5 Å². The average Bonchev–Trinajstić information content (AvgIpc) is 3.17. The Morgan fingerprint density at radius 3 is 2.57 bits per heavy atom. The second kappa shape index (κ2) is 8.69. The fourth-order valence-electron chi connectivity index (χ4n) is 3.56. The maximum absolute atomic E-state index is 12.8. The highest BCUT2D eigenvalue weighted by atomic mass is 32.1. The van der Waals surface area contributed by atoms with E-state index >= 15 is 0 Å². The van der Waals surface area contributed by atoms with Gasteiger partial charge in [-0.25, -0.2) is 4.79 Å². The van der Waals surface area contributed by atoms with Crippen molar-refractivity contribution in [2.24, 2.45) is 5.73 Å². The fraction of sp³-hybridized carbons (Fsp3) is 0.160. The molecule has 1 aromatic heterocycles. The first-order valence-electron chi connectivity index (χ1n) is 9.94. The number of benzene rings is 3. The van der Waals surface area contributed by atoms with Gasteiger partial charge >= 0.3 is 5.97 Å². The zero-order valence-electron chi connectivity index (χ0n) is 17.0. The normalized spacial score (nSPS) is 12.0. The largest absolute Gasteiger partial charge is 0.462 e. The summed E-state index contributed by atoms with van der Waals surface area (Å²) in [4.78, 5) is 12.8. The standard InChI is InChI=1S/C25H24N2O2S/c1-3-29-25(28)22-21(18-13-11-16(2)12-14-18)15-30-24(22)27-23(26)20-10-6-8-17-7-4-5-9-19(17)20/h4-15,23,27H,3,26H2,1-2H3. The Morgan fingerprint density at radius 1 is 1.07 bits per heavy atom. The van der Waals surface area contributed by atoms with Crippen molar-refractivity contribution in [1.29, 1.82) is 0 Å². The Labute approximate surface area is 180 Å². The third-order valence-electron chi connectivity index (χ3n) is 5.08. The lowest BCUT2D eigenvalue weighted by Crippen LogP contribution is -2.21. The predicted octanol–water partition coefficient (Wildman–Crippen LogP) is 6.12. The van der Waals surface area contributed by atoms with Crippen LogP contribution in [0.2, 0.25) is 0 Å². The van der Waals surface area contributed by atoms with Crippen LogP contribution in [0.4, 0.5) is 5.00 Å². The molecule has 4 nitrogen and oxygen atoms in total. The van der Waals surface area contributed by atoms with Gasteiger partial charge in [0.1, 0.15) is 16.7 Å². The molecule has 1 unspecified atom stereocenters. The Kier molecular flexibility index (Phi) is 5.84. The van der Waals surface area contributed by atoms with Crippen LogP contribution in [0.25, 0.3) is 21.9 Å². The average molecular weight is 417 g/mol. The van der Waals surface area contributed by atoms with Crippen LogP contribution in [-0.2, 0) is 4.74 Å². The number of rotatable bonds is 6. The fourth-order valence-corrected chi connectivity index (χ4v) is 4.55. The van der Waals surface area contributed by atoms with Crippen molar-refractivity contribution in [3.63, 3.8) is 0 Å². The number of nitrogens with one attached hydrogen (secondary N) is 1. The van der Waals surface area contributed by atoms with Crippen LogP contribution in [0.1, 0.15) is 34.6 Å². The van der Waals surface area contributed by atoms with Gasteiger partial charge in [-0.05, 0) is 35.7 Å². The molecule has 5 heteroatoms. The van der Waals surface area contributed by atoms with E-state index in [1.54, 1.807) is 0 Å². The van der Waals surface area contributed by atoms with Gasteiger partial charge in [0, 0.05) is 10.9 Å². The third kappa shape index (κ3) is 3.95. The number of esters is 1. The summed E-state index contributed by atoms with van der Waals surface area (Å²) in [5.41, 5.74) is 11.1. The lowest BCUT2D eigenvalue weighted by Gasteiger charge is -2.18. The second-order valence-electron chi connectivity index (χ2n) is 7.13. The molecule has 4 rings (SSSR count). The topological polar surface area (TPSA) is 64.3 Å². The van der Waals surface area contributed by atoms with E-state index in [2.05, 4.69) is 23.5 Å².